The van der Waals surface area contributed by atoms with Crippen molar-refractivity contribution < 1.29 is 32.9 Å². The first kappa shape index (κ1) is 21.1. The predicted molar refractivity (Wildman–Crippen MR) is 115 cm³/mol. The van der Waals surface area contributed by atoms with Crippen LogP contribution in [0.5, 0.6) is 23.0 Å². The van der Waals surface area contributed by atoms with Gasteiger partial charge >= 0.3 is 5.97 Å². The number of carbonyl (C=O) groups excluding carboxylic acids is 2. The van der Waals surface area contributed by atoms with E-state index in [1.165, 1.54) is 37.5 Å². The van der Waals surface area contributed by atoms with Gasteiger partial charge in [0, 0.05) is 11.6 Å². The molecule has 0 aliphatic carbocycles. The van der Waals surface area contributed by atoms with Crippen molar-refractivity contribution in [3.63, 3.8) is 0 Å². The minimum Gasteiger partial charge on any atom is -0.497 e. The minimum absolute atomic E-state index is 0.0704. The van der Waals surface area contributed by atoms with Gasteiger partial charge in [0.1, 0.15) is 17.3 Å². The second-order valence-corrected chi connectivity index (χ2v) is 6.81. The number of allylic oxidation sites excluding steroid dienone is 1. The Bertz CT molecular complexity index is 1210. The Labute approximate surface area is 183 Å². The molecule has 0 radical (unpaired) electrons. The minimum atomic E-state index is -0.691. The number of rotatable bonds is 6. The zero-order valence-corrected chi connectivity index (χ0v) is 17.4. The summed E-state index contributed by atoms with van der Waals surface area (Å²) in [6.07, 6.45) is 1.49. The number of methoxy groups -OCH3 is 1. The first-order valence-corrected chi connectivity index (χ1v) is 9.86. The third-order valence-electron chi connectivity index (χ3n) is 4.75. The first-order chi connectivity index (χ1) is 15.5. The van der Waals surface area contributed by atoms with E-state index in [-0.39, 0.29) is 22.9 Å². The normalized spacial score (nSPS) is 13.5. The lowest BCUT2D eigenvalue weighted by Crippen LogP contribution is -2.11. The number of benzene rings is 3. The predicted octanol–water partition coefficient (Wildman–Crippen LogP) is 5.07. The molecule has 6 nitrogen and oxygen atoms in total. The molecule has 32 heavy (non-hydrogen) atoms. The Morgan fingerprint density at radius 2 is 1.88 bits per heavy atom. The highest BCUT2D eigenvalue weighted by Crippen LogP contribution is 2.38. The molecule has 0 unspecified atom stereocenters. The average molecular weight is 434 g/mol. The fraction of sp³-hybridized carbons (Fsp3) is 0.120. The molecule has 0 amide bonds. The SMILES string of the molecule is CCOc1cccc(/C=C2\Oc3cc(OC)ccc3C2=O)c1OC(=O)c1ccc(F)cc1. The van der Waals surface area contributed by atoms with Crippen molar-refractivity contribution in [3.05, 3.63) is 88.9 Å². The van der Waals surface area contributed by atoms with Gasteiger partial charge < -0.3 is 18.9 Å². The Kier molecular flexibility index (Phi) is 5.89. The molecule has 1 aliphatic heterocycles. The van der Waals surface area contributed by atoms with Crippen LogP contribution in [0.3, 0.4) is 0 Å². The van der Waals surface area contributed by atoms with Crippen molar-refractivity contribution in [1.82, 2.24) is 0 Å². The van der Waals surface area contributed by atoms with Gasteiger partial charge in [0.25, 0.3) is 0 Å². The second kappa shape index (κ2) is 8.93. The van der Waals surface area contributed by atoms with E-state index in [1.807, 2.05) is 0 Å². The maximum absolute atomic E-state index is 13.2. The topological polar surface area (TPSA) is 71.1 Å². The summed E-state index contributed by atoms with van der Waals surface area (Å²) >= 11 is 0. The number of ether oxygens (including phenoxy) is 4. The molecule has 0 spiro atoms. The van der Waals surface area contributed by atoms with Crippen LogP contribution in [0.2, 0.25) is 0 Å². The largest absolute Gasteiger partial charge is 0.497 e. The summed E-state index contributed by atoms with van der Waals surface area (Å²) in [5.74, 6) is -0.000866. The van der Waals surface area contributed by atoms with E-state index < -0.39 is 11.8 Å². The monoisotopic (exact) mass is 434 g/mol. The molecule has 0 bridgehead atoms. The van der Waals surface area contributed by atoms with E-state index in [0.29, 0.717) is 35.0 Å². The van der Waals surface area contributed by atoms with Crippen molar-refractivity contribution in [3.8, 4) is 23.0 Å². The van der Waals surface area contributed by atoms with Gasteiger partial charge in [-0.05, 0) is 55.5 Å². The maximum Gasteiger partial charge on any atom is 0.343 e. The van der Waals surface area contributed by atoms with Crippen molar-refractivity contribution in [2.24, 2.45) is 0 Å². The molecule has 0 fully saturated rings. The van der Waals surface area contributed by atoms with Crippen LogP contribution in [0.4, 0.5) is 4.39 Å². The summed E-state index contributed by atoms with van der Waals surface area (Å²) in [4.78, 5) is 25.4. The Hall–Kier alpha value is -4.13. The van der Waals surface area contributed by atoms with Crippen molar-refractivity contribution in [1.29, 1.82) is 0 Å². The van der Waals surface area contributed by atoms with Gasteiger partial charge in [-0.15, -0.1) is 0 Å². The van der Waals surface area contributed by atoms with Gasteiger partial charge in [-0.3, -0.25) is 4.79 Å². The van der Waals surface area contributed by atoms with Crippen LogP contribution in [0, 0.1) is 5.82 Å². The van der Waals surface area contributed by atoms with Crippen LogP contribution in [0.25, 0.3) is 6.08 Å². The van der Waals surface area contributed by atoms with Gasteiger partial charge in [-0.2, -0.15) is 0 Å². The molecule has 7 heteroatoms. The van der Waals surface area contributed by atoms with Crippen LogP contribution in [0.15, 0.2) is 66.4 Å². The average Bonchev–Trinajstić information content (AvgIpc) is 3.10. The molecular formula is C25H19FO6. The van der Waals surface area contributed by atoms with E-state index in [2.05, 4.69) is 0 Å². The van der Waals surface area contributed by atoms with Crippen LogP contribution in [-0.4, -0.2) is 25.5 Å². The van der Waals surface area contributed by atoms with E-state index in [4.69, 9.17) is 18.9 Å². The van der Waals surface area contributed by atoms with Crippen LogP contribution < -0.4 is 18.9 Å². The Morgan fingerprint density at radius 3 is 2.59 bits per heavy atom. The molecule has 1 heterocycles. The van der Waals surface area contributed by atoms with E-state index in [0.717, 1.165) is 0 Å². The van der Waals surface area contributed by atoms with Gasteiger partial charge in [-0.1, -0.05) is 12.1 Å². The molecule has 0 saturated carbocycles. The van der Waals surface area contributed by atoms with Crippen molar-refractivity contribution in [2.75, 3.05) is 13.7 Å². The van der Waals surface area contributed by atoms with E-state index in [9.17, 15) is 14.0 Å². The molecule has 0 aromatic heterocycles. The van der Waals surface area contributed by atoms with Gasteiger partial charge in [0.15, 0.2) is 17.3 Å². The smallest absolute Gasteiger partial charge is 0.343 e. The van der Waals surface area contributed by atoms with Crippen molar-refractivity contribution in [2.45, 2.75) is 6.92 Å². The van der Waals surface area contributed by atoms with E-state index >= 15 is 0 Å². The van der Waals surface area contributed by atoms with Crippen molar-refractivity contribution >= 4 is 17.8 Å². The van der Waals surface area contributed by atoms with Gasteiger partial charge in [-0.25, -0.2) is 9.18 Å². The third kappa shape index (κ3) is 4.18. The number of Topliss-reactive ketones (excluding diaryl/α,β-unsaturated/α-hetero) is 1. The number of fused-ring (bicyclic) bond motifs is 1. The lowest BCUT2D eigenvalue weighted by atomic mass is 10.1. The van der Waals surface area contributed by atoms with Gasteiger partial charge in [0.2, 0.25) is 5.78 Å². The fourth-order valence-corrected chi connectivity index (χ4v) is 3.20. The highest BCUT2D eigenvalue weighted by Gasteiger charge is 2.28. The van der Waals surface area contributed by atoms with Crippen LogP contribution >= 0.6 is 0 Å². The first-order valence-electron chi connectivity index (χ1n) is 9.86. The molecule has 4 rings (SSSR count). The summed E-state index contributed by atoms with van der Waals surface area (Å²) in [5, 5.41) is 0. The summed E-state index contributed by atoms with van der Waals surface area (Å²) in [6, 6.07) is 15.0. The number of ketones is 1. The summed E-state index contributed by atoms with van der Waals surface area (Å²) in [6.45, 7) is 2.13. The lowest BCUT2D eigenvalue weighted by Gasteiger charge is -2.13. The molecule has 3 aromatic carbocycles. The highest BCUT2D eigenvalue weighted by molar-refractivity contribution is 6.14. The molecular weight excluding hydrogens is 415 g/mol. The standard InChI is InChI=1S/C25H19FO6/c1-3-30-20-6-4-5-16(24(20)32-25(28)15-7-9-17(26)10-8-15)13-22-23(27)19-12-11-18(29-2)14-21(19)31-22/h4-14H,3H2,1-2H3/b22-13-. The maximum atomic E-state index is 13.2. The molecule has 0 N–H and O–H groups in total. The quantitative estimate of drug-likeness (QED) is 0.307. The molecule has 3 aromatic rings. The zero-order chi connectivity index (χ0) is 22.7. The number of carbonyl (C=O) groups is 2. The molecule has 1 aliphatic rings. The van der Waals surface area contributed by atoms with E-state index in [1.54, 1.807) is 43.3 Å². The summed E-state index contributed by atoms with van der Waals surface area (Å²) in [5.41, 5.74) is 0.987. The number of para-hydroxylation sites is 1. The van der Waals surface area contributed by atoms with Gasteiger partial charge in [0.05, 0.1) is 24.8 Å². The number of hydrogen-bond donors (Lipinski definition) is 0. The lowest BCUT2D eigenvalue weighted by molar-refractivity contribution is 0.0728. The molecule has 162 valence electrons. The Balaban J connectivity index is 1.70. The highest BCUT2D eigenvalue weighted by atomic mass is 19.1. The number of hydrogen-bond acceptors (Lipinski definition) is 6. The number of halogens is 1. The molecule has 0 atom stereocenters. The van der Waals surface area contributed by atoms with Crippen LogP contribution in [-0.2, 0) is 0 Å². The zero-order valence-electron chi connectivity index (χ0n) is 17.4. The molecule has 0 saturated heterocycles. The Morgan fingerprint density at radius 1 is 1.09 bits per heavy atom. The third-order valence-corrected chi connectivity index (χ3v) is 4.75. The fourth-order valence-electron chi connectivity index (χ4n) is 3.20. The second-order valence-electron chi connectivity index (χ2n) is 6.81. The van der Waals surface area contributed by atoms with Crippen LogP contribution in [0.1, 0.15) is 33.2 Å². The summed E-state index contributed by atoms with van der Waals surface area (Å²) < 4.78 is 35.3. The summed E-state index contributed by atoms with van der Waals surface area (Å²) in [7, 11) is 1.52. The number of esters is 1.